The third-order valence-electron chi connectivity index (χ3n) is 3.57. The molecule has 3 rings (SSSR count). The molecule has 6 N–H and O–H groups in total. The summed E-state index contributed by atoms with van der Waals surface area (Å²) in [6.07, 6.45) is 1.12. The van der Waals surface area contributed by atoms with Gasteiger partial charge in [-0.25, -0.2) is 4.68 Å². The number of nitrogens with one attached hydrogen (secondary N) is 2. The second-order valence-corrected chi connectivity index (χ2v) is 5.55. The molecular weight excluding hydrogens is 326 g/mol. The Balaban J connectivity index is 1.98. The van der Waals surface area contributed by atoms with E-state index < -0.39 is 0 Å². The van der Waals surface area contributed by atoms with Gasteiger partial charge in [0.25, 0.3) is 0 Å². The lowest BCUT2D eigenvalue weighted by Gasteiger charge is -2.10. The standard InChI is InChI=1S/C16H16ClN7/c1-24-16(21-13-7-6-12(20)10(8-18)14(13)17)22-15(23-24)9-4-2-3-5-11(9)19/h2-8,18H,19-20H2,1H3,(H,21,22,23). The van der Waals surface area contributed by atoms with Crippen molar-refractivity contribution in [2.24, 2.45) is 7.05 Å². The number of hydrogen-bond acceptors (Lipinski definition) is 6. The van der Waals surface area contributed by atoms with E-state index in [1.165, 1.54) is 0 Å². The SMILES string of the molecule is Cn1nc(-c2ccccc2N)nc1Nc1ccc(N)c(C=N)c1Cl. The number of nitrogens with two attached hydrogens (primary N) is 2. The van der Waals surface area contributed by atoms with Crippen LogP contribution in [0.3, 0.4) is 0 Å². The Morgan fingerprint density at radius 3 is 2.62 bits per heavy atom. The quantitative estimate of drug-likeness (QED) is 0.429. The van der Waals surface area contributed by atoms with Gasteiger partial charge < -0.3 is 22.2 Å². The number of hydrogen-bond donors (Lipinski definition) is 4. The van der Waals surface area contributed by atoms with Gasteiger partial charge in [-0.05, 0) is 24.3 Å². The van der Waals surface area contributed by atoms with Gasteiger partial charge in [0.15, 0.2) is 5.82 Å². The van der Waals surface area contributed by atoms with Gasteiger partial charge in [0.05, 0.1) is 10.7 Å². The van der Waals surface area contributed by atoms with Crippen molar-refractivity contribution in [3.8, 4) is 11.4 Å². The van der Waals surface area contributed by atoms with Crippen LogP contribution in [0.4, 0.5) is 23.0 Å². The van der Waals surface area contributed by atoms with Crippen LogP contribution in [0.2, 0.25) is 5.02 Å². The minimum Gasteiger partial charge on any atom is -0.398 e. The van der Waals surface area contributed by atoms with Crippen LogP contribution in [0.5, 0.6) is 0 Å². The summed E-state index contributed by atoms with van der Waals surface area (Å²) in [5.41, 5.74) is 14.6. The predicted molar refractivity (Wildman–Crippen MR) is 97.9 cm³/mol. The summed E-state index contributed by atoms with van der Waals surface area (Å²) in [6.45, 7) is 0. The summed E-state index contributed by atoms with van der Waals surface area (Å²) >= 11 is 6.29. The van der Waals surface area contributed by atoms with Gasteiger partial charge in [-0.3, -0.25) is 0 Å². The number of aromatic nitrogens is 3. The molecule has 0 aliphatic heterocycles. The minimum absolute atomic E-state index is 0.355. The van der Waals surface area contributed by atoms with Gasteiger partial charge in [0.1, 0.15) is 0 Å². The molecule has 0 spiro atoms. The maximum absolute atomic E-state index is 7.42. The normalized spacial score (nSPS) is 10.6. The van der Waals surface area contributed by atoms with Crippen LogP contribution in [0, 0.1) is 5.41 Å². The summed E-state index contributed by atoms with van der Waals surface area (Å²) in [4.78, 5) is 4.47. The molecule has 0 bridgehead atoms. The molecule has 122 valence electrons. The molecule has 1 aromatic heterocycles. The average molecular weight is 342 g/mol. The van der Waals surface area contributed by atoms with E-state index in [1.54, 1.807) is 29.9 Å². The molecule has 0 saturated heterocycles. The lowest BCUT2D eigenvalue weighted by atomic mass is 10.1. The Labute approximate surface area is 143 Å². The molecule has 0 aliphatic rings. The number of rotatable bonds is 4. The van der Waals surface area contributed by atoms with Crippen molar-refractivity contribution >= 4 is 40.8 Å². The number of aryl methyl sites for hydroxylation is 1. The molecule has 0 unspecified atom stereocenters. The molecule has 0 saturated carbocycles. The van der Waals surface area contributed by atoms with Crippen molar-refractivity contribution in [3.05, 3.63) is 47.0 Å². The first-order chi connectivity index (χ1) is 11.5. The van der Waals surface area contributed by atoms with Crippen LogP contribution in [-0.4, -0.2) is 21.0 Å². The second-order valence-electron chi connectivity index (χ2n) is 5.17. The van der Waals surface area contributed by atoms with Crippen LogP contribution in [-0.2, 0) is 7.05 Å². The van der Waals surface area contributed by atoms with Crippen molar-refractivity contribution in [1.82, 2.24) is 14.8 Å². The Bertz CT molecular complexity index is 917. The first-order valence-corrected chi connectivity index (χ1v) is 7.50. The van der Waals surface area contributed by atoms with Crippen LogP contribution < -0.4 is 16.8 Å². The third-order valence-corrected chi connectivity index (χ3v) is 3.98. The monoisotopic (exact) mass is 341 g/mol. The number of halogens is 1. The maximum Gasteiger partial charge on any atom is 0.225 e. The second kappa shape index (κ2) is 6.21. The Hall–Kier alpha value is -3.06. The summed E-state index contributed by atoms with van der Waals surface area (Å²) in [6, 6.07) is 10.8. The molecule has 1 heterocycles. The van der Waals surface area contributed by atoms with E-state index in [9.17, 15) is 0 Å². The van der Waals surface area contributed by atoms with Crippen molar-refractivity contribution in [1.29, 1.82) is 5.41 Å². The summed E-state index contributed by atoms with van der Waals surface area (Å²) in [7, 11) is 1.76. The zero-order valence-corrected chi connectivity index (χ0v) is 13.7. The molecule has 7 nitrogen and oxygen atoms in total. The highest BCUT2D eigenvalue weighted by Gasteiger charge is 2.14. The minimum atomic E-state index is 0.355. The van der Waals surface area contributed by atoms with Crippen molar-refractivity contribution in [2.75, 3.05) is 16.8 Å². The van der Waals surface area contributed by atoms with Gasteiger partial charge in [-0.2, -0.15) is 4.98 Å². The predicted octanol–water partition coefficient (Wildman–Crippen LogP) is 3.04. The Kier molecular flexibility index (Phi) is 4.09. The van der Waals surface area contributed by atoms with Crippen molar-refractivity contribution < 1.29 is 0 Å². The van der Waals surface area contributed by atoms with E-state index in [0.717, 1.165) is 11.8 Å². The molecule has 0 amide bonds. The Morgan fingerprint density at radius 2 is 1.92 bits per heavy atom. The fraction of sp³-hybridized carbons (Fsp3) is 0.0625. The Morgan fingerprint density at radius 1 is 1.17 bits per heavy atom. The molecule has 8 heteroatoms. The third kappa shape index (κ3) is 2.77. The number of nitrogen functional groups attached to an aromatic ring is 2. The topological polar surface area (TPSA) is 119 Å². The van der Waals surface area contributed by atoms with Gasteiger partial charge in [0, 0.05) is 35.8 Å². The fourth-order valence-electron chi connectivity index (χ4n) is 2.28. The highest BCUT2D eigenvalue weighted by Crippen LogP contribution is 2.31. The molecule has 0 atom stereocenters. The molecular formula is C16H16ClN7. The summed E-state index contributed by atoms with van der Waals surface area (Å²) in [5, 5.41) is 15.3. The molecule has 3 aromatic rings. The van der Waals surface area contributed by atoms with Gasteiger partial charge in [-0.15, -0.1) is 5.10 Å². The van der Waals surface area contributed by atoms with Gasteiger partial charge in [-0.1, -0.05) is 23.7 Å². The summed E-state index contributed by atoms with van der Waals surface area (Å²) < 4.78 is 1.60. The van der Waals surface area contributed by atoms with Crippen molar-refractivity contribution in [2.45, 2.75) is 0 Å². The largest absolute Gasteiger partial charge is 0.398 e. The number of para-hydroxylation sites is 1. The van der Waals surface area contributed by atoms with Gasteiger partial charge >= 0.3 is 0 Å². The van der Waals surface area contributed by atoms with Crippen molar-refractivity contribution in [3.63, 3.8) is 0 Å². The van der Waals surface area contributed by atoms with E-state index in [-0.39, 0.29) is 0 Å². The van der Waals surface area contributed by atoms with E-state index in [4.69, 9.17) is 28.5 Å². The zero-order valence-electron chi connectivity index (χ0n) is 12.9. The lowest BCUT2D eigenvalue weighted by Crippen LogP contribution is -2.03. The van der Waals surface area contributed by atoms with E-state index in [0.29, 0.717) is 39.4 Å². The number of benzene rings is 2. The molecule has 0 radical (unpaired) electrons. The molecule has 0 aliphatic carbocycles. The smallest absolute Gasteiger partial charge is 0.225 e. The molecule has 24 heavy (non-hydrogen) atoms. The van der Waals surface area contributed by atoms with Crippen LogP contribution in [0.25, 0.3) is 11.4 Å². The fourth-order valence-corrected chi connectivity index (χ4v) is 2.55. The first kappa shape index (κ1) is 15.8. The molecule has 0 fully saturated rings. The van der Waals surface area contributed by atoms with E-state index in [1.807, 2.05) is 18.2 Å². The van der Waals surface area contributed by atoms with Gasteiger partial charge in [0.2, 0.25) is 5.95 Å². The van der Waals surface area contributed by atoms with Crippen LogP contribution >= 0.6 is 11.6 Å². The summed E-state index contributed by atoms with van der Waals surface area (Å²) in [5.74, 6) is 1.01. The first-order valence-electron chi connectivity index (χ1n) is 7.12. The highest BCUT2D eigenvalue weighted by atomic mass is 35.5. The van der Waals surface area contributed by atoms with E-state index in [2.05, 4.69) is 15.4 Å². The molecule has 2 aromatic carbocycles. The highest BCUT2D eigenvalue weighted by molar-refractivity contribution is 6.36. The lowest BCUT2D eigenvalue weighted by molar-refractivity contribution is 0.778. The number of nitrogens with zero attached hydrogens (tertiary/aromatic N) is 3. The maximum atomic E-state index is 7.42. The average Bonchev–Trinajstić information content (AvgIpc) is 2.92. The zero-order chi connectivity index (χ0) is 17.3. The van der Waals surface area contributed by atoms with Crippen LogP contribution in [0.15, 0.2) is 36.4 Å². The number of anilines is 4. The van der Waals surface area contributed by atoms with E-state index >= 15 is 0 Å². The van der Waals surface area contributed by atoms with Crippen LogP contribution in [0.1, 0.15) is 5.56 Å².